The highest BCUT2D eigenvalue weighted by Gasteiger charge is 2.44. The lowest BCUT2D eigenvalue weighted by Gasteiger charge is -2.29. The zero-order chi connectivity index (χ0) is 20.1. The Morgan fingerprint density at radius 2 is 2.00 bits per heavy atom. The van der Waals surface area contributed by atoms with Crippen LogP contribution in [0, 0.1) is 11.3 Å². The Hall–Kier alpha value is -2.51. The fourth-order valence-corrected chi connectivity index (χ4v) is 4.12. The maximum atomic E-state index is 13.4. The average Bonchev–Trinajstić information content (AvgIpc) is 3.20. The van der Waals surface area contributed by atoms with Gasteiger partial charge in [0.15, 0.2) is 0 Å². The standard InChI is InChI=1S/C23H25ClN2O2/c1-3-16(2)28-18-10-11-21(17(14-18)15-25)26-22(27)23(12-6-7-13-23)19-8-4-5-9-20(19)24/h4-5,8-11,14,16H,3,6-7,12-13H2,1-2H3,(H,26,27)/t16-/m1/s1. The summed E-state index contributed by atoms with van der Waals surface area (Å²) in [5, 5.41) is 13.2. The van der Waals surface area contributed by atoms with Crippen LogP contribution in [0.15, 0.2) is 42.5 Å². The van der Waals surface area contributed by atoms with Crippen LogP contribution in [0.3, 0.4) is 0 Å². The number of rotatable bonds is 6. The Balaban J connectivity index is 1.89. The van der Waals surface area contributed by atoms with E-state index in [1.165, 1.54) is 0 Å². The Labute approximate surface area is 171 Å². The molecule has 0 heterocycles. The van der Waals surface area contributed by atoms with Gasteiger partial charge in [-0.25, -0.2) is 0 Å². The van der Waals surface area contributed by atoms with E-state index in [-0.39, 0.29) is 12.0 Å². The summed E-state index contributed by atoms with van der Waals surface area (Å²) in [5.41, 5.74) is 1.10. The molecule has 2 aromatic rings. The van der Waals surface area contributed by atoms with Crippen LogP contribution >= 0.6 is 11.6 Å². The van der Waals surface area contributed by atoms with Crippen LogP contribution in [0.2, 0.25) is 5.02 Å². The molecule has 146 valence electrons. The van der Waals surface area contributed by atoms with Crippen molar-refractivity contribution in [1.82, 2.24) is 0 Å². The van der Waals surface area contributed by atoms with Gasteiger partial charge in [0.2, 0.25) is 5.91 Å². The molecule has 1 aliphatic carbocycles. The maximum absolute atomic E-state index is 13.4. The van der Waals surface area contributed by atoms with Gasteiger partial charge in [0, 0.05) is 11.1 Å². The molecular formula is C23H25ClN2O2. The largest absolute Gasteiger partial charge is 0.491 e. The summed E-state index contributed by atoms with van der Waals surface area (Å²) in [6.07, 6.45) is 4.39. The number of amides is 1. The van der Waals surface area contributed by atoms with Gasteiger partial charge in [-0.05, 0) is 49.9 Å². The lowest BCUT2D eigenvalue weighted by Crippen LogP contribution is -2.38. The second-order valence-corrected chi connectivity index (χ2v) is 7.79. The summed E-state index contributed by atoms with van der Waals surface area (Å²) in [7, 11) is 0. The fourth-order valence-electron chi connectivity index (χ4n) is 3.80. The Kier molecular flexibility index (Phi) is 6.26. The number of ether oxygens (including phenoxy) is 1. The third-order valence-corrected chi connectivity index (χ3v) is 5.88. The van der Waals surface area contributed by atoms with E-state index in [1.807, 2.05) is 38.1 Å². The molecule has 1 amide bonds. The van der Waals surface area contributed by atoms with Crippen LogP contribution in [-0.4, -0.2) is 12.0 Å². The van der Waals surface area contributed by atoms with E-state index in [1.54, 1.807) is 18.2 Å². The van der Waals surface area contributed by atoms with Crippen molar-refractivity contribution < 1.29 is 9.53 Å². The van der Waals surface area contributed by atoms with Gasteiger partial charge in [0.05, 0.1) is 22.8 Å². The fraction of sp³-hybridized carbons (Fsp3) is 0.391. The molecule has 28 heavy (non-hydrogen) atoms. The molecule has 2 aromatic carbocycles. The normalized spacial score (nSPS) is 16.2. The Morgan fingerprint density at radius 1 is 1.29 bits per heavy atom. The highest BCUT2D eigenvalue weighted by atomic mass is 35.5. The number of hydrogen-bond acceptors (Lipinski definition) is 3. The molecule has 1 fully saturated rings. The van der Waals surface area contributed by atoms with Crippen molar-refractivity contribution in [3.8, 4) is 11.8 Å². The van der Waals surface area contributed by atoms with E-state index in [4.69, 9.17) is 16.3 Å². The minimum absolute atomic E-state index is 0.0639. The second kappa shape index (κ2) is 8.67. The van der Waals surface area contributed by atoms with Crippen LogP contribution in [0.4, 0.5) is 5.69 Å². The molecule has 1 saturated carbocycles. The van der Waals surface area contributed by atoms with Gasteiger partial charge in [0.25, 0.3) is 0 Å². The number of nitriles is 1. The minimum Gasteiger partial charge on any atom is -0.491 e. The number of hydrogen-bond donors (Lipinski definition) is 1. The van der Waals surface area contributed by atoms with Crippen LogP contribution < -0.4 is 10.1 Å². The van der Waals surface area contributed by atoms with Gasteiger partial charge >= 0.3 is 0 Å². The summed E-state index contributed by atoms with van der Waals surface area (Å²) in [6.45, 7) is 4.02. The van der Waals surface area contributed by atoms with Gasteiger partial charge in [-0.2, -0.15) is 5.26 Å². The maximum Gasteiger partial charge on any atom is 0.235 e. The molecule has 1 N–H and O–H groups in total. The summed E-state index contributed by atoms with van der Waals surface area (Å²) in [4.78, 5) is 13.4. The average molecular weight is 397 g/mol. The monoisotopic (exact) mass is 396 g/mol. The number of benzene rings is 2. The van der Waals surface area contributed by atoms with E-state index in [0.717, 1.165) is 37.7 Å². The molecule has 0 spiro atoms. The van der Waals surface area contributed by atoms with Crippen molar-refractivity contribution in [1.29, 1.82) is 5.26 Å². The number of halogens is 1. The lowest BCUT2D eigenvalue weighted by atomic mass is 9.78. The van der Waals surface area contributed by atoms with Crippen molar-refractivity contribution in [3.05, 3.63) is 58.6 Å². The number of carbonyl (C=O) groups excluding carboxylic acids is 1. The van der Waals surface area contributed by atoms with Crippen LogP contribution in [0.1, 0.15) is 57.1 Å². The van der Waals surface area contributed by atoms with E-state index in [2.05, 4.69) is 11.4 Å². The summed E-state index contributed by atoms with van der Waals surface area (Å²) in [5.74, 6) is 0.524. The number of carbonyl (C=O) groups is 1. The van der Waals surface area contributed by atoms with Crippen molar-refractivity contribution in [2.75, 3.05) is 5.32 Å². The molecule has 0 saturated heterocycles. The van der Waals surface area contributed by atoms with Crippen molar-refractivity contribution in [3.63, 3.8) is 0 Å². The Bertz CT molecular complexity index is 898. The molecule has 0 radical (unpaired) electrons. The molecule has 0 unspecified atom stereocenters. The van der Waals surface area contributed by atoms with Crippen LogP contribution in [-0.2, 0) is 10.2 Å². The predicted molar refractivity (Wildman–Crippen MR) is 112 cm³/mol. The number of anilines is 1. The molecule has 5 heteroatoms. The molecule has 0 aliphatic heterocycles. The quantitative estimate of drug-likeness (QED) is 0.667. The molecule has 0 aromatic heterocycles. The van der Waals surface area contributed by atoms with Crippen LogP contribution in [0.5, 0.6) is 5.75 Å². The second-order valence-electron chi connectivity index (χ2n) is 7.38. The zero-order valence-electron chi connectivity index (χ0n) is 16.3. The molecule has 1 aliphatic rings. The first kappa shape index (κ1) is 20.2. The highest BCUT2D eigenvalue weighted by molar-refractivity contribution is 6.32. The topological polar surface area (TPSA) is 62.1 Å². The minimum atomic E-state index is -0.656. The molecule has 3 rings (SSSR count). The van der Waals surface area contributed by atoms with Gasteiger partial charge in [-0.3, -0.25) is 4.79 Å². The van der Waals surface area contributed by atoms with Gasteiger partial charge in [0.1, 0.15) is 11.8 Å². The van der Waals surface area contributed by atoms with Crippen molar-refractivity contribution in [2.45, 2.75) is 57.5 Å². The SMILES string of the molecule is CC[C@@H](C)Oc1ccc(NC(=O)C2(c3ccccc3Cl)CCCC2)c(C#N)c1. The van der Waals surface area contributed by atoms with Gasteiger partial charge in [-0.1, -0.05) is 49.6 Å². The van der Waals surface area contributed by atoms with Crippen molar-refractivity contribution in [2.24, 2.45) is 0 Å². The van der Waals surface area contributed by atoms with E-state index in [9.17, 15) is 10.1 Å². The van der Waals surface area contributed by atoms with Crippen LogP contribution in [0.25, 0.3) is 0 Å². The van der Waals surface area contributed by atoms with Crippen molar-refractivity contribution >= 4 is 23.2 Å². The third-order valence-electron chi connectivity index (χ3n) is 5.55. The number of nitrogens with zero attached hydrogens (tertiary/aromatic N) is 1. The number of nitrogens with one attached hydrogen (secondary N) is 1. The van der Waals surface area contributed by atoms with E-state index in [0.29, 0.717) is 22.0 Å². The smallest absolute Gasteiger partial charge is 0.235 e. The van der Waals surface area contributed by atoms with Gasteiger partial charge in [-0.15, -0.1) is 0 Å². The van der Waals surface area contributed by atoms with E-state index >= 15 is 0 Å². The highest BCUT2D eigenvalue weighted by Crippen LogP contribution is 2.44. The lowest BCUT2D eigenvalue weighted by molar-refractivity contribution is -0.121. The zero-order valence-corrected chi connectivity index (χ0v) is 17.1. The predicted octanol–water partition coefficient (Wildman–Crippen LogP) is 5.84. The summed E-state index contributed by atoms with van der Waals surface area (Å²) >= 11 is 6.43. The first-order chi connectivity index (χ1) is 13.5. The third kappa shape index (κ3) is 4.00. The first-order valence-corrected chi connectivity index (χ1v) is 10.1. The van der Waals surface area contributed by atoms with Gasteiger partial charge < -0.3 is 10.1 Å². The molecule has 0 bridgehead atoms. The summed E-state index contributed by atoms with van der Waals surface area (Å²) in [6, 6.07) is 14.9. The molecule has 1 atom stereocenters. The summed E-state index contributed by atoms with van der Waals surface area (Å²) < 4.78 is 5.79. The molecule has 4 nitrogen and oxygen atoms in total. The Morgan fingerprint density at radius 3 is 2.64 bits per heavy atom. The molecular weight excluding hydrogens is 372 g/mol. The first-order valence-electron chi connectivity index (χ1n) is 9.77. The van der Waals surface area contributed by atoms with E-state index < -0.39 is 5.41 Å².